The van der Waals surface area contributed by atoms with Crippen molar-refractivity contribution in [3.63, 3.8) is 0 Å². The lowest BCUT2D eigenvalue weighted by molar-refractivity contribution is 0.338. The summed E-state index contributed by atoms with van der Waals surface area (Å²) in [5.74, 6) is 2.62. The number of nitrogens with zero attached hydrogens (tertiary/aromatic N) is 2. The maximum Gasteiger partial charge on any atom is 0.137 e. The third kappa shape index (κ3) is 2.67. The van der Waals surface area contributed by atoms with E-state index in [1.165, 1.54) is 12.8 Å². The van der Waals surface area contributed by atoms with Crippen molar-refractivity contribution in [2.24, 2.45) is 5.92 Å². The number of rotatable bonds is 4. The van der Waals surface area contributed by atoms with E-state index in [-0.39, 0.29) is 0 Å². The summed E-state index contributed by atoms with van der Waals surface area (Å²) in [6, 6.07) is 3.95. The maximum atomic E-state index is 5.09. The van der Waals surface area contributed by atoms with Crippen molar-refractivity contribution in [3.05, 3.63) is 18.3 Å². The summed E-state index contributed by atoms with van der Waals surface area (Å²) in [4.78, 5) is 7.31. The average molecular weight is 285 g/mol. The van der Waals surface area contributed by atoms with Gasteiger partial charge in [-0.05, 0) is 30.9 Å². The smallest absolute Gasteiger partial charge is 0.137 e. The molecule has 0 N–H and O–H groups in total. The van der Waals surface area contributed by atoms with Gasteiger partial charge in [-0.3, -0.25) is 0 Å². The summed E-state index contributed by atoms with van der Waals surface area (Å²) in [6.45, 7) is 1.08. The highest BCUT2D eigenvalue weighted by Crippen LogP contribution is 2.34. The van der Waals surface area contributed by atoms with E-state index in [1.807, 2.05) is 12.1 Å². The van der Waals surface area contributed by atoms with E-state index in [9.17, 15) is 0 Å². The molecule has 4 heteroatoms. The molecule has 1 fully saturated rings. The fourth-order valence-corrected chi connectivity index (χ4v) is 3.06. The Morgan fingerprint density at radius 3 is 2.75 bits per heavy atom. The van der Waals surface area contributed by atoms with Crippen LogP contribution in [0.1, 0.15) is 12.8 Å². The Kier molecular flexibility index (Phi) is 3.69. The van der Waals surface area contributed by atoms with Gasteiger partial charge in [0.25, 0.3) is 0 Å². The SMILES string of the molecule is COc1ccc(N(C)CC2CC(Br)C2)nc1. The second-order valence-corrected chi connectivity index (χ2v) is 5.67. The zero-order valence-corrected chi connectivity index (χ0v) is 11.3. The van der Waals surface area contributed by atoms with Gasteiger partial charge in [0, 0.05) is 18.4 Å². The number of pyridine rings is 1. The minimum absolute atomic E-state index is 0.731. The molecule has 1 aromatic rings. The van der Waals surface area contributed by atoms with Gasteiger partial charge in [0.15, 0.2) is 0 Å². The summed E-state index contributed by atoms with van der Waals surface area (Å²) in [7, 11) is 3.75. The molecule has 0 aromatic carbocycles. The molecule has 0 atom stereocenters. The van der Waals surface area contributed by atoms with E-state index < -0.39 is 0 Å². The Balaban J connectivity index is 1.90. The fraction of sp³-hybridized carbons (Fsp3) is 0.583. The van der Waals surface area contributed by atoms with Crippen molar-refractivity contribution in [2.45, 2.75) is 17.7 Å². The van der Waals surface area contributed by atoms with E-state index in [0.717, 1.165) is 28.9 Å². The lowest BCUT2D eigenvalue weighted by Crippen LogP contribution is -2.34. The van der Waals surface area contributed by atoms with Crippen molar-refractivity contribution >= 4 is 21.7 Å². The Hall–Kier alpha value is -0.770. The second-order valence-electron chi connectivity index (χ2n) is 4.37. The molecule has 0 aliphatic heterocycles. The van der Waals surface area contributed by atoms with Crippen LogP contribution in [0.25, 0.3) is 0 Å². The van der Waals surface area contributed by atoms with E-state index in [0.29, 0.717) is 0 Å². The lowest BCUT2D eigenvalue weighted by Gasteiger charge is -2.34. The number of halogens is 1. The second kappa shape index (κ2) is 5.04. The molecule has 1 heterocycles. The molecule has 16 heavy (non-hydrogen) atoms. The highest BCUT2D eigenvalue weighted by atomic mass is 79.9. The van der Waals surface area contributed by atoms with Crippen LogP contribution in [0.2, 0.25) is 0 Å². The number of hydrogen-bond donors (Lipinski definition) is 0. The predicted octanol–water partition coefficient (Wildman–Crippen LogP) is 2.70. The highest BCUT2D eigenvalue weighted by Gasteiger charge is 2.27. The van der Waals surface area contributed by atoms with E-state index in [2.05, 4.69) is 32.9 Å². The summed E-state index contributed by atoms with van der Waals surface area (Å²) < 4.78 is 5.09. The Morgan fingerprint density at radius 1 is 1.50 bits per heavy atom. The van der Waals surface area contributed by atoms with Gasteiger partial charge in [0.1, 0.15) is 11.6 Å². The minimum atomic E-state index is 0.731. The van der Waals surface area contributed by atoms with Crippen molar-refractivity contribution in [1.29, 1.82) is 0 Å². The number of hydrogen-bond acceptors (Lipinski definition) is 3. The largest absolute Gasteiger partial charge is 0.495 e. The zero-order chi connectivity index (χ0) is 11.5. The molecule has 1 aromatic heterocycles. The highest BCUT2D eigenvalue weighted by molar-refractivity contribution is 9.09. The number of anilines is 1. The monoisotopic (exact) mass is 284 g/mol. The topological polar surface area (TPSA) is 25.4 Å². The van der Waals surface area contributed by atoms with Gasteiger partial charge in [0.05, 0.1) is 13.3 Å². The molecule has 3 nitrogen and oxygen atoms in total. The Labute approximate surface area is 105 Å². The molecular formula is C12H17BrN2O. The summed E-state index contributed by atoms with van der Waals surface area (Å²) in [5.41, 5.74) is 0. The third-order valence-corrected chi connectivity index (χ3v) is 3.81. The molecule has 2 rings (SSSR count). The van der Waals surface area contributed by atoms with Gasteiger partial charge < -0.3 is 9.64 Å². The normalized spacial score (nSPS) is 23.7. The van der Waals surface area contributed by atoms with Gasteiger partial charge in [-0.2, -0.15) is 0 Å². The number of ether oxygens (including phenoxy) is 1. The quantitative estimate of drug-likeness (QED) is 0.795. The van der Waals surface area contributed by atoms with Crippen molar-refractivity contribution < 1.29 is 4.74 Å². The van der Waals surface area contributed by atoms with Crippen LogP contribution >= 0.6 is 15.9 Å². The first kappa shape index (κ1) is 11.7. The first-order valence-corrected chi connectivity index (χ1v) is 6.46. The number of aromatic nitrogens is 1. The standard InChI is InChI=1S/C12H17BrN2O/c1-15(8-9-5-10(13)6-9)12-4-3-11(16-2)7-14-12/h3-4,7,9-10H,5-6,8H2,1-2H3. The van der Waals surface area contributed by atoms with Gasteiger partial charge in [-0.15, -0.1) is 0 Å². The number of methoxy groups -OCH3 is 1. The molecule has 0 bridgehead atoms. The van der Waals surface area contributed by atoms with Crippen molar-refractivity contribution in [2.75, 3.05) is 25.6 Å². The molecular weight excluding hydrogens is 268 g/mol. The predicted molar refractivity (Wildman–Crippen MR) is 69.5 cm³/mol. The average Bonchev–Trinajstić information content (AvgIpc) is 2.27. The summed E-state index contributed by atoms with van der Waals surface area (Å²) >= 11 is 3.61. The molecule has 0 spiro atoms. The van der Waals surface area contributed by atoms with Crippen LogP contribution < -0.4 is 9.64 Å². The van der Waals surface area contributed by atoms with Crippen LogP contribution in [-0.2, 0) is 0 Å². The van der Waals surface area contributed by atoms with Crippen LogP contribution in [-0.4, -0.2) is 30.5 Å². The Morgan fingerprint density at radius 2 is 2.25 bits per heavy atom. The van der Waals surface area contributed by atoms with E-state index >= 15 is 0 Å². The van der Waals surface area contributed by atoms with Crippen LogP contribution in [0, 0.1) is 5.92 Å². The molecule has 88 valence electrons. The molecule has 1 aliphatic rings. The first-order valence-electron chi connectivity index (χ1n) is 5.54. The molecule has 1 aliphatic carbocycles. The van der Waals surface area contributed by atoms with E-state index in [1.54, 1.807) is 13.3 Å². The zero-order valence-electron chi connectivity index (χ0n) is 9.69. The van der Waals surface area contributed by atoms with Gasteiger partial charge in [-0.25, -0.2) is 4.98 Å². The van der Waals surface area contributed by atoms with E-state index in [4.69, 9.17) is 4.74 Å². The van der Waals surface area contributed by atoms with Crippen LogP contribution in [0.4, 0.5) is 5.82 Å². The minimum Gasteiger partial charge on any atom is -0.495 e. The Bertz CT molecular complexity index is 335. The molecule has 0 radical (unpaired) electrons. The summed E-state index contributed by atoms with van der Waals surface area (Å²) in [5, 5.41) is 0. The fourth-order valence-electron chi connectivity index (χ4n) is 2.00. The summed E-state index contributed by atoms with van der Waals surface area (Å²) in [6.07, 6.45) is 4.32. The van der Waals surface area contributed by atoms with Crippen molar-refractivity contribution in [3.8, 4) is 5.75 Å². The lowest BCUT2D eigenvalue weighted by atomic mass is 9.85. The maximum absolute atomic E-state index is 5.09. The van der Waals surface area contributed by atoms with Crippen molar-refractivity contribution in [1.82, 2.24) is 4.98 Å². The van der Waals surface area contributed by atoms with Gasteiger partial charge in [-0.1, -0.05) is 15.9 Å². The molecule has 1 saturated carbocycles. The van der Waals surface area contributed by atoms with Crippen LogP contribution in [0.3, 0.4) is 0 Å². The molecule has 0 saturated heterocycles. The van der Waals surface area contributed by atoms with Crippen LogP contribution in [0.5, 0.6) is 5.75 Å². The van der Waals surface area contributed by atoms with Gasteiger partial charge >= 0.3 is 0 Å². The van der Waals surface area contributed by atoms with Crippen LogP contribution in [0.15, 0.2) is 18.3 Å². The van der Waals surface area contributed by atoms with Gasteiger partial charge in [0.2, 0.25) is 0 Å². The third-order valence-electron chi connectivity index (χ3n) is 3.06. The number of alkyl halides is 1. The first-order chi connectivity index (χ1) is 7.69. The molecule has 0 amide bonds. The molecule has 0 unspecified atom stereocenters.